The van der Waals surface area contributed by atoms with Crippen molar-refractivity contribution in [3.63, 3.8) is 0 Å². The van der Waals surface area contributed by atoms with Gasteiger partial charge in [0.2, 0.25) is 0 Å². The highest BCUT2D eigenvalue weighted by Crippen LogP contribution is 2.21. The summed E-state index contributed by atoms with van der Waals surface area (Å²) in [6.07, 6.45) is 7.87. The molecule has 3 aromatic rings. The van der Waals surface area contributed by atoms with Crippen LogP contribution >= 0.6 is 0 Å². The quantitative estimate of drug-likeness (QED) is 0.770. The van der Waals surface area contributed by atoms with Crippen molar-refractivity contribution < 1.29 is 0 Å². The molecule has 2 N–H and O–H groups in total. The van der Waals surface area contributed by atoms with Gasteiger partial charge in [0.05, 0.1) is 0 Å². The third-order valence-corrected chi connectivity index (χ3v) is 3.81. The van der Waals surface area contributed by atoms with Gasteiger partial charge < -0.3 is 14.9 Å². The van der Waals surface area contributed by atoms with Crippen molar-refractivity contribution in [3.05, 3.63) is 54.2 Å². The number of benzene rings is 1. The first-order valence-corrected chi connectivity index (χ1v) is 7.02. The first kappa shape index (κ1) is 12.9. The van der Waals surface area contributed by atoms with Crippen molar-refractivity contribution in [2.24, 2.45) is 12.8 Å². The molecule has 0 unspecified atom stereocenters. The molecule has 20 heavy (non-hydrogen) atoms. The van der Waals surface area contributed by atoms with E-state index in [-0.39, 0.29) is 0 Å². The first-order valence-electron chi connectivity index (χ1n) is 7.02. The minimum Gasteiger partial charge on any atom is -0.347 e. The number of aryl methyl sites for hydroxylation is 3. The predicted octanol–water partition coefficient (Wildman–Crippen LogP) is 2.12. The van der Waals surface area contributed by atoms with Crippen molar-refractivity contribution >= 4 is 10.9 Å². The number of hydrogen-bond acceptors (Lipinski definition) is 2. The number of rotatable bonds is 5. The van der Waals surface area contributed by atoms with Crippen LogP contribution in [-0.4, -0.2) is 20.7 Å². The highest BCUT2D eigenvalue weighted by molar-refractivity contribution is 5.83. The van der Waals surface area contributed by atoms with Gasteiger partial charge in [0.15, 0.2) is 0 Å². The molecule has 0 aliphatic rings. The van der Waals surface area contributed by atoms with Gasteiger partial charge in [0, 0.05) is 49.5 Å². The van der Waals surface area contributed by atoms with E-state index in [0.717, 1.165) is 25.2 Å². The Kier molecular flexibility index (Phi) is 3.56. The van der Waals surface area contributed by atoms with Crippen molar-refractivity contribution in [1.29, 1.82) is 0 Å². The van der Waals surface area contributed by atoms with Crippen LogP contribution in [0.25, 0.3) is 10.9 Å². The minimum atomic E-state index is 0.692. The third-order valence-electron chi connectivity index (χ3n) is 3.81. The Balaban J connectivity index is 1.85. The average Bonchev–Trinajstić information content (AvgIpc) is 3.04. The monoisotopic (exact) mass is 268 g/mol. The van der Waals surface area contributed by atoms with E-state index in [9.17, 15) is 0 Å². The molecule has 0 bridgehead atoms. The van der Waals surface area contributed by atoms with Crippen LogP contribution in [0.4, 0.5) is 0 Å². The van der Waals surface area contributed by atoms with Crippen LogP contribution in [-0.2, 0) is 26.4 Å². The molecule has 0 aliphatic carbocycles. The standard InChI is InChI=1S/C16H20N4/c1-19-12-9-18-16(19)7-11-20-10-6-14-13(5-8-17)3-2-4-15(14)20/h2-4,6,9-10,12H,5,7-8,11,17H2,1H3. The Labute approximate surface area is 118 Å². The average molecular weight is 268 g/mol. The number of fused-ring (bicyclic) bond motifs is 1. The second-order valence-corrected chi connectivity index (χ2v) is 5.10. The fourth-order valence-corrected chi connectivity index (χ4v) is 2.71. The number of imidazole rings is 1. The van der Waals surface area contributed by atoms with Gasteiger partial charge in [-0.05, 0) is 30.7 Å². The summed E-state index contributed by atoms with van der Waals surface area (Å²) in [6, 6.07) is 8.65. The number of hydrogen-bond donors (Lipinski definition) is 1. The highest BCUT2D eigenvalue weighted by Gasteiger charge is 2.06. The fraction of sp³-hybridized carbons (Fsp3) is 0.312. The molecule has 4 heteroatoms. The summed E-state index contributed by atoms with van der Waals surface area (Å²) < 4.78 is 4.37. The zero-order valence-corrected chi connectivity index (χ0v) is 11.8. The fourth-order valence-electron chi connectivity index (χ4n) is 2.71. The Bertz CT molecular complexity index is 708. The van der Waals surface area contributed by atoms with Crippen LogP contribution in [0.5, 0.6) is 0 Å². The topological polar surface area (TPSA) is 48.8 Å². The number of nitrogens with two attached hydrogens (primary N) is 1. The van der Waals surface area contributed by atoms with Crippen molar-refractivity contribution in [2.45, 2.75) is 19.4 Å². The molecule has 0 spiro atoms. The van der Waals surface area contributed by atoms with Gasteiger partial charge in [-0.3, -0.25) is 0 Å². The SMILES string of the molecule is Cn1ccnc1CCn1ccc2c(CCN)cccc21. The van der Waals surface area contributed by atoms with Crippen molar-refractivity contribution in [2.75, 3.05) is 6.54 Å². The van der Waals surface area contributed by atoms with E-state index in [1.165, 1.54) is 16.5 Å². The van der Waals surface area contributed by atoms with E-state index >= 15 is 0 Å². The molecule has 0 aliphatic heterocycles. The van der Waals surface area contributed by atoms with Crippen LogP contribution < -0.4 is 5.73 Å². The van der Waals surface area contributed by atoms with Gasteiger partial charge in [-0.25, -0.2) is 4.98 Å². The molecule has 0 amide bonds. The molecular weight excluding hydrogens is 248 g/mol. The van der Waals surface area contributed by atoms with E-state index in [4.69, 9.17) is 5.73 Å². The number of aromatic nitrogens is 3. The predicted molar refractivity (Wildman–Crippen MR) is 81.6 cm³/mol. The molecule has 4 nitrogen and oxygen atoms in total. The zero-order chi connectivity index (χ0) is 13.9. The molecule has 0 saturated heterocycles. The highest BCUT2D eigenvalue weighted by atomic mass is 15.0. The third kappa shape index (κ3) is 2.34. The van der Waals surface area contributed by atoms with Crippen LogP contribution in [0.3, 0.4) is 0 Å². The lowest BCUT2D eigenvalue weighted by molar-refractivity contribution is 0.668. The second kappa shape index (κ2) is 5.51. The van der Waals surface area contributed by atoms with E-state index in [0.29, 0.717) is 6.54 Å². The van der Waals surface area contributed by atoms with Crippen molar-refractivity contribution in [1.82, 2.24) is 14.1 Å². The van der Waals surface area contributed by atoms with Gasteiger partial charge in [0.25, 0.3) is 0 Å². The molecule has 0 radical (unpaired) electrons. The molecule has 2 aromatic heterocycles. The lowest BCUT2D eigenvalue weighted by Crippen LogP contribution is -2.05. The molecule has 104 valence electrons. The summed E-state index contributed by atoms with van der Waals surface area (Å²) >= 11 is 0. The summed E-state index contributed by atoms with van der Waals surface area (Å²) in [5.41, 5.74) is 8.30. The molecule has 3 rings (SSSR count). The maximum absolute atomic E-state index is 5.68. The molecule has 0 atom stereocenters. The Hall–Kier alpha value is -2.07. The van der Waals surface area contributed by atoms with Gasteiger partial charge in [0.1, 0.15) is 5.82 Å². The zero-order valence-electron chi connectivity index (χ0n) is 11.8. The minimum absolute atomic E-state index is 0.692. The van der Waals surface area contributed by atoms with E-state index < -0.39 is 0 Å². The van der Waals surface area contributed by atoms with Gasteiger partial charge in [-0.15, -0.1) is 0 Å². The maximum atomic E-state index is 5.68. The van der Waals surface area contributed by atoms with Gasteiger partial charge in [-0.1, -0.05) is 12.1 Å². The van der Waals surface area contributed by atoms with Crippen LogP contribution in [0, 0.1) is 0 Å². The van der Waals surface area contributed by atoms with Crippen LogP contribution in [0.2, 0.25) is 0 Å². The lowest BCUT2D eigenvalue weighted by atomic mass is 10.1. The Morgan fingerprint density at radius 2 is 2.05 bits per heavy atom. The van der Waals surface area contributed by atoms with E-state index in [1.54, 1.807) is 0 Å². The molecule has 0 fully saturated rings. The lowest BCUT2D eigenvalue weighted by Gasteiger charge is -2.07. The van der Waals surface area contributed by atoms with Crippen LogP contribution in [0.15, 0.2) is 42.9 Å². The summed E-state index contributed by atoms with van der Waals surface area (Å²) in [5, 5.41) is 1.32. The smallest absolute Gasteiger partial charge is 0.110 e. The molecule has 0 saturated carbocycles. The summed E-state index contributed by atoms with van der Waals surface area (Å²) in [7, 11) is 2.04. The Morgan fingerprint density at radius 1 is 1.15 bits per heavy atom. The normalized spacial score (nSPS) is 11.3. The molecule has 2 heterocycles. The number of nitrogens with zero attached hydrogens (tertiary/aromatic N) is 3. The van der Waals surface area contributed by atoms with Gasteiger partial charge in [-0.2, -0.15) is 0 Å². The molecular formula is C16H20N4. The van der Waals surface area contributed by atoms with Crippen molar-refractivity contribution in [3.8, 4) is 0 Å². The second-order valence-electron chi connectivity index (χ2n) is 5.10. The van der Waals surface area contributed by atoms with E-state index in [2.05, 4.69) is 44.6 Å². The summed E-state index contributed by atoms with van der Waals surface area (Å²) in [4.78, 5) is 4.38. The molecule has 1 aromatic carbocycles. The van der Waals surface area contributed by atoms with Gasteiger partial charge >= 0.3 is 0 Å². The largest absolute Gasteiger partial charge is 0.347 e. The first-order chi connectivity index (χ1) is 9.79. The van der Waals surface area contributed by atoms with Crippen LogP contribution in [0.1, 0.15) is 11.4 Å². The van der Waals surface area contributed by atoms with E-state index in [1.807, 2.05) is 19.4 Å². The maximum Gasteiger partial charge on any atom is 0.110 e. The summed E-state index contributed by atoms with van der Waals surface area (Å²) in [5.74, 6) is 1.12. The summed E-state index contributed by atoms with van der Waals surface area (Å²) in [6.45, 7) is 1.64. The Morgan fingerprint density at radius 3 is 2.80 bits per heavy atom.